The van der Waals surface area contributed by atoms with Crippen molar-refractivity contribution in [2.75, 3.05) is 43.4 Å². The van der Waals surface area contributed by atoms with Crippen LogP contribution in [0.3, 0.4) is 0 Å². The molecule has 0 amide bonds. The first kappa shape index (κ1) is 22.7. The molecule has 0 aliphatic heterocycles. The van der Waals surface area contributed by atoms with Gasteiger partial charge >= 0.3 is 23.9 Å². The first-order valence-electron chi connectivity index (χ1n) is 8.26. The summed E-state index contributed by atoms with van der Waals surface area (Å²) in [6.07, 6.45) is 0. The van der Waals surface area contributed by atoms with E-state index in [9.17, 15) is 19.2 Å². The number of carbonyl (C=O) groups is 4. The van der Waals surface area contributed by atoms with Crippen molar-refractivity contribution in [1.29, 1.82) is 0 Å². The van der Waals surface area contributed by atoms with E-state index < -0.39 is 49.6 Å². The lowest BCUT2D eigenvalue weighted by molar-refractivity contribution is -0.155. The molecule has 0 saturated carbocycles. The predicted octanol–water partition coefficient (Wildman–Crippen LogP) is -0.437. The number of anilines is 2. The number of hydrogen-bond acceptors (Lipinski definition) is 8. The molecule has 28 heavy (non-hydrogen) atoms. The highest BCUT2D eigenvalue weighted by Crippen LogP contribution is 2.19. The van der Waals surface area contributed by atoms with Gasteiger partial charge in [0.15, 0.2) is 6.61 Å². The fourth-order valence-electron chi connectivity index (χ4n) is 2.44. The second-order valence-electron chi connectivity index (χ2n) is 5.96. The number of esters is 1. The summed E-state index contributed by atoms with van der Waals surface area (Å²) >= 11 is 0. The van der Waals surface area contributed by atoms with Crippen molar-refractivity contribution in [2.45, 2.75) is 13.0 Å². The zero-order chi connectivity index (χ0) is 21.3. The highest BCUT2D eigenvalue weighted by atomic mass is 16.6. The number of carbonyl (C=O) groups excluding carboxylic acids is 1. The van der Waals surface area contributed by atoms with E-state index in [-0.39, 0.29) is 13.1 Å². The quantitative estimate of drug-likeness (QED) is 0.266. The van der Waals surface area contributed by atoms with Crippen LogP contribution in [0.2, 0.25) is 0 Å². The Balaban J connectivity index is 2.97. The van der Waals surface area contributed by atoms with Gasteiger partial charge in [-0.3, -0.25) is 14.5 Å². The lowest BCUT2D eigenvalue weighted by Gasteiger charge is -2.31. The van der Waals surface area contributed by atoms with Crippen LogP contribution in [0.1, 0.15) is 6.92 Å². The fourth-order valence-corrected chi connectivity index (χ4v) is 2.44. The number of benzene rings is 1. The molecule has 11 heteroatoms. The number of nitrogens with zero attached hydrogens (tertiary/aromatic N) is 2. The van der Waals surface area contributed by atoms with Gasteiger partial charge in [0.2, 0.25) is 0 Å². The van der Waals surface area contributed by atoms with Crippen molar-refractivity contribution in [2.24, 2.45) is 0 Å². The minimum absolute atomic E-state index is 0.0273. The Morgan fingerprint density at radius 1 is 0.964 bits per heavy atom. The number of hydrogen-bond donors (Lipinski definition) is 4. The Hall–Kier alpha value is -3.34. The number of carboxylic acid groups (broad SMARTS) is 3. The highest BCUT2D eigenvalue weighted by Gasteiger charge is 2.25. The average molecular weight is 397 g/mol. The molecular weight excluding hydrogens is 374 g/mol. The van der Waals surface area contributed by atoms with Crippen LogP contribution in [0.15, 0.2) is 24.3 Å². The topological polar surface area (TPSA) is 171 Å². The summed E-state index contributed by atoms with van der Waals surface area (Å²) in [6, 6.07) is 5.57. The van der Waals surface area contributed by atoms with Gasteiger partial charge in [-0.1, -0.05) is 0 Å². The van der Waals surface area contributed by atoms with Gasteiger partial charge < -0.3 is 30.7 Å². The normalized spacial score (nSPS) is 11.6. The molecule has 0 aliphatic rings. The number of carboxylic acids is 3. The molecule has 0 bridgehead atoms. The molecule has 1 atom stereocenters. The Morgan fingerprint density at radius 2 is 1.50 bits per heavy atom. The van der Waals surface area contributed by atoms with E-state index in [2.05, 4.69) is 0 Å². The van der Waals surface area contributed by atoms with Crippen LogP contribution < -0.4 is 10.6 Å². The van der Waals surface area contributed by atoms with Crippen LogP contribution in [0.5, 0.6) is 0 Å². The Kier molecular flexibility index (Phi) is 8.69. The maximum Gasteiger partial charge on any atom is 0.341 e. The van der Waals surface area contributed by atoms with Crippen LogP contribution in [-0.4, -0.2) is 82.9 Å². The zero-order valence-electron chi connectivity index (χ0n) is 15.3. The zero-order valence-corrected chi connectivity index (χ0v) is 15.3. The second-order valence-corrected chi connectivity index (χ2v) is 5.96. The van der Waals surface area contributed by atoms with Gasteiger partial charge in [-0.25, -0.2) is 9.59 Å². The van der Waals surface area contributed by atoms with Crippen molar-refractivity contribution in [1.82, 2.24) is 4.90 Å². The average Bonchev–Trinajstić information content (AvgIpc) is 2.59. The lowest BCUT2D eigenvalue weighted by atomic mass is 10.2. The molecule has 1 aromatic carbocycles. The van der Waals surface area contributed by atoms with Crippen molar-refractivity contribution in [3.63, 3.8) is 0 Å². The van der Waals surface area contributed by atoms with Gasteiger partial charge in [-0.05, 0) is 31.2 Å². The van der Waals surface area contributed by atoms with Gasteiger partial charge in [-0.15, -0.1) is 0 Å². The smallest absolute Gasteiger partial charge is 0.341 e. The van der Waals surface area contributed by atoms with Gasteiger partial charge in [0.1, 0.15) is 6.04 Å². The van der Waals surface area contributed by atoms with E-state index in [0.29, 0.717) is 11.4 Å². The maximum absolute atomic E-state index is 12.2. The third kappa shape index (κ3) is 7.91. The Bertz CT molecular complexity index is 691. The van der Waals surface area contributed by atoms with Crippen LogP contribution in [0, 0.1) is 0 Å². The minimum atomic E-state index is -1.30. The Labute approximate surface area is 160 Å². The summed E-state index contributed by atoms with van der Waals surface area (Å²) in [7, 11) is 0. The molecule has 1 rings (SSSR count). The van der Waals surface area contributed by atoms with Crippen LogP contribution in [0.4, 0.5) is 11.4 Å². The van der Waals surface area contributed by atoms with Gasteiger partial charge in [-0.2, -0.15) is 0 Å². The van der Waals surface area contributed by atoms with Gasteiger partial charge in [0.25, 0.3) is 0 Å². The number of nitrogens with two attached hydrogens (primary N) is 1. The molecule has 0 aromatic heterocycles. The second kappa shape index (κ2) is 10.7. The summed E-state index contributed by atoms with van der Waals surface area (Å²) in [5.41, 5.74) is 6.71. The van der Waals surface area contributed by atoms with E-state index >= 15 is 0 Å². The van der Waals surface area contributed by atoms with Crippen LogP contribution >= 0.6 is 0 Å². The summed E-state index contributed by atoms with van der Waals surface area (Å²) in [6.45, 7) is -0.144. The molecule has 0 unspecified atom stereocenters. The lowest BCUT2D eigenvalue weighted by Crippen LogP contribution is -2.46. The standard InChI is InChI=1S/C17H23N3O8/c1-11(17(27)28-10-16(25)26)20(13-4-2-12(18)3-5-13)7-6-19(8-14(21)22)9-15(23)24/h2-5,11H,6-10,18H2,1H3,(H,21,22)(H,23,24)(H,25,26)/t11-/m0/s1. The molecule has 11 nitrogen and oxygen atoms in total. The number of aliphatic carboxylic acids is 3. The molecule has 0 fully saturated rings. The maximum atomic E-state index is 12.2. The van der Waals surface area contributed by atoms with E-state index in [1.54, 1.807) is 29.2 Å². The van der Waals surface area contributed by atoms with E-state index in [1.165, 1.54) is 11.8 Å². The molecule has 154 valence electrons. The number of rotatable bonds is 12. The molecule has 5 N–H and O–H groups in total. The SMILES string of the molecule is C[C@@H](C(=O)OCC(=O)O)N(CCN(CC(=O)O)CC(=O)O)c1ccc(N)cc1. The first-order chi connectivity index (χ1) is 13.1. The molecule has 1 aromatic rings. The number of ether oxygens (including phenoxy) is 1. The van der Waals surface area contributed by atoms with Crippen molar-refractivity contribution >= 4 is 35.3 Å². The molecule has 0 saturated heterocycles. The van der Waals surface area contributed by atoms with E-state index in [4.69, 9.17) is 25.8 Å². The van der Waals surface area contributed by atoms with E-state index in [0.717, 1.165) is 0 Å². The fraction of sp³-hybridized carbons (Fsp3) is 0.412. The monoisotopic (exact) mass is 397 g/mol. The van der Waals surface area contributed by atoms with Crippen LogP contribution in [-0.2, 0) is 23.9 Å². The van der Waals surface area contributed by atoms with Crippen molar-refractivity contribution in [3.05, 3.63) is 24.3 Å². The van der Waals surface area contributed by atoms with E-state index in [1.807, 2.05) is 0 Å². The summed E-state index contributed by atoms with van der Waals surface area (Å²) in [5.74, 6) is -4.46. The van der Waals surface area contributed by atoms with Gasteiger partial charge in [0, 0.05) is 24.5 Å². The largest absolute Gasteiger partial charge is 0.480 e. The molecule has 0 heterocycles. The molecular formula is C17H23N3O8. The minimum Gasteiger partial charge on any atom is -0.480 e. The Morgan fingerprint density at radius 3 is 1.96 bits per heavy atom. The highest BCUT2D eigenvalue weighted by molar-refractivity contribution is 5.82. The predicted molar refractivity (Wildman–Crippen MR) is 98.0 cm³/mol. The summed E-state index contributed by atoms with van der Waals surface area (Å²) in [5, 5.41) is 26.5. The van der Waals surface area contributed by atoms with Crippen molar-refractivity contribution in [3.8, 4) is 0 Å². The summed E-state index contributed by atoms with van der Waals surface area (Å²) in [4.78, 5) is 47.4. The third-order valence-corrected chi connectivity index (χ3v) is 3.75. The van der Waals surface area contributed by atoms with Crippen LogP contribution in [0.25, 0.3) is 0 Å². The van der Waals surface area contributed by atoms with Crippen molar-refractivity contribution < 1.29 is 39.2 Å². The third-order valence-electron chi connectivity index (χ3n) is 3.75. The number of nitrogen functional groups attached to an aromatic ring is 1. The summed E-state index contributed by atoms with van der Waals surface area (Å²) < 4.78 is 4.72. The molecule has 0 spiro atoms. The first-order valence-corrected chi connectivity index (χ1v) is 8.26. The van der Waals surface area contributed by atoms with Gasteiger partial charge in [0.05, 0.1) is 13.1 Å². The molecule has 0 radical (unpaired) electrons. The molecule has 0 aliphatic carbocycles.